The second-order valence-corrected chi connectivity index (χ2v) is 16.3. The second kappa shape index (κ2) is 15.8. The molecule has 0 N–H and O–H groups in total. The summed E-state index contributed by atoms with van der Waals surface area (Å²) in [5.41, 5.74) is 11.3. The molecule has 5 nitrogen and oxygen atoms in total. The summed E-state index contributed by atoms with van der Waals surface area (Å²) in [5, 5.41) is 8.70. The average molecular weight is 800 g/mol. The van der Waals surface area contributed by atoms with E-state index in [4.69, 9.17) is 15.0 Å². The van der Waals surface area contributed by atoms with Gasteiger partial charge in [-0.05, 0) is 122 Å². The van der Waals surface area contributed by atoms with Gasteiger partial charge >= 0.3 is 0 Å². The van der Waals surface area contributed by atoms with Crippen LogP contribution in [0.5, 0.6) is 0 Å². The van der Waals surface area contributed by atoms with Crippen LogP contribution in [0.15, 0.2) is 176 Å². The maximum atomic E-state index is 5.07. The van der Waals surface area contributed by atoms with Crippen LogP contribution < -0.4 is 10.6 Å². The van der Waals surface area contributed by atoms with Gasteiger partial charge in [-0.3, -0.25) is 0 Å². The summed E-state index contributed by atoms with van der Waals surface area (Å²) in [6.45, 7) is 6.13. The average Bonchev–Trinajstić information content (AvgIpc) is 3.85. The van der Waals surface area contributed by atoms with Gasteiger partial charge in [0, 0.05) is 54.8 Å². The van der Waals surface area contributed by atoms with Crippen molar-refractivity contribution in [2.75, 3.05) is 0 Å². The summed E-state index contributed by atoms with van der Waals surface area (Å²) < 4.78 is 4.84. The van der Waals surface area contributed by atoms with Crippen LogP contribution in [0.3, 0.4) is 0 Å². The Labute approximate surface area is 361 Å². The van der Waals surface area contributed by atoms with Crippen molar-refractivity contribution in [3.63, 3.8) is 0 Å². The molecule has 0 unspecified atom stereocenters. The SMILES string of the molecule is C=CCCCC=C(C)n1c2ccccc2c2cc(-c3ccc4c(c3)c3c(n4-c4ccc(-c5nc(-c6ccccc6)nc(-c6ccc7ccccc7c6)n5)cc4)=CCCC=3)ccc21. The summed E-state index contributed by atoms with van der Waals surface area (Å²) >= 11 is 0. The van der Waals surface area contributed by atoms with E-state index in [1.165, 1.54) is 65.5 Å². The molecule has 10 aromatic rings. The molecule has 11 rings (SSSR count). The van der Waals surface area contributed by atoms with Crippen LogP contribution in [0.1, 0.15) is 39.0 Å². The summed E-state index contributed by atoms with van der Waals surface area (Å²) in [5.74, 6) is 1.95. The van der Waals surface area contributed by atoms with Crippen molar-refractivity contribution in [1.82, 2.24) is 24.1 Å². The highest BCUT2D eigenvalue weighted by Crippen LogP contribution is 2.36. The molecule has 0 saturated carbocycles. The molecule has 0 atom stereocenters. The zero-order valence-electron chi connectivity index (χ0n) is 34.8. The fourth-order valence-electron chi connectivity index (χ4n) is 9.29. The van der Waals surface area contributed by atoms with Crippen LogP contribution in [0.2, 0.25) is 0 Å². The van der Waals surface area contributed by atoms with Gasteiger partial charge in [0.05, 0.1) is 16.6 Å². The Bertz CT molecular complexity index is 3510. The lowest BCUT2D eigenvalue weighted by atomic mass is 10.0. The van der Waals surface area contributed by atoms with Gasteiger partial charge in [0.25, 0.3) is 0 Å². The number of aromatic nitrogens is 5. The minimum Gasteiger partial charge on any atom is -0.314 e. The van der Waals surface area contributed by atoms with Crippen LogP contribution in [-0.4, -0.2) is 24.1 Å². The highest BCUT2D eigenvalue weighted by Gasteiger charge is 2.17. The summed E-state index contributed by atoms with van der Waals surface area (Å²) in [6, 6.07) is 56.4. The second-order valence-electron chi connectivity index (χ2n) is 16.3. The highest BCUT2D eigenvalue weighted by atomic mass is 15.0. The van der Waals surface area contributed by atoms with E-state index in [9.17, 15) is 0 Å². The Morgan fingerprint density at radius 1 is 0.532 bits per heavy atom. The van der Waals surface area contributed by atoms with Crippen molar-refractivity contribution in [2.45, 2.75) is 39.0 Å². The van der Waals surface area contributed by atoms with Gasteiger partial charge in [0.15, 0.2) is 17.5 Å². The van der Waals surface area contributed by atoms with Gasteiger partial charge in [0.1, 0.15) is 0 Å². The molecule has 0 aliphatic heterocycles. The lowest BCUT2D eigenvalue weighted by molar-refractivity contribution is 0.866. The molecule has 3 aromatic heterocycles. The molecule has 0 fully saturated rings. The lowest BCUT2D eigenvalue weighted by Gasteiger charge is -2.11. The predicted molar refractivity (Wildman–Crippen MR) is 260 cm³/mol. The summed E-state index contributed by atoms with van der Waals surface area (Å²) in [6.07, 6.45) is 14.4. The number of hydrogen-bond donors (Lipinski definition) is 0. The molecule has 7 aromatic carbocycles. The van der Waals surface area contributed by atoms with E-state index in [-0.39, 0.29) is 0 Å². The maximum Gasteiger partial charge on any atom is 0.164 e. The Hall–Kier alpha value is -7.63. The molecule has 5 heteroatoms. The molecule has 1 aliphatic carbocycles. The number of fused-ring (bicyclic) bond motifs is 7. The molecule has 0 amide bonds. The van der Waals surface area contributed by atoms with E-state index in [0.29, 0.717) is 17.5 Å². The van der Waals surface area contributed by atoms with E-state index in [1.54, 1.807) is 0 Å². The number of para-hydroxylation sites is 1. The number of benzene rings is 7. The Morgan fingerprint density at radius 2 is 1.15 bits per heavy atom. The topological polar surface area (TPSA) is 48.5 Å². The van der Waals surface area contributed by atoms with Gasteiger partial charge < -0.3 is 9.13 Å². The van der Waals surface area contributed by atoms with Crippen LogP contribution >= 0.6 is 0 Å². The van der Waals surface area contributed by atoms with E-state index in [2.05, 4.69) is 180 Å². The standard InChI is InChI=1S/C57H45N5/c1-3-4-5-7-16-38(2)61-51-23-14-12-21-47(51)49-36-43(29-33-53(49)61)44-30-34-54-50(37-44)48-22-13-15-24-52(48)62(54)46-31-27-41(28-32-46)56-58-55(40-18-8-6-9-19-40)59-57(60-56)45-26-25-39-17-10-11-20-42(39)35-45/h3,6,8-12,14,16-37H,1,4-5,7,13,15H2,2H3. The van der Waals surface area contributed by atoms with Crippen molar-refractivity contribution in [3.8, 4) is 51.0 Å². The van der Waals surface area contributed by atoms with Crippen LogP contribution in [0.4, 0.5) is 0 Å². The van der Waals surface area contributed by atoms with Gasteiger partial charge in [-0.15, -0.1) is 6.58 Å². The molecule has 3 heterocycles. The fraction of sp³-hybridized carbons (Fsp3) is 0.105. The number of unbranched alkanes of at least 4 members (excludes halogenated alkanes) is 2. The fourth-order valence-corrected chi connectivity index (χ4v) is 9.29. The van der Waals surface area contributed by atoms with E-state index < -0.39 is 0 Å². The monoisotopic (exact) mass is 799 g/mol. The maximum absolute atomic E-state index is 5.07. The van der Waals surface area contributed by atoms with E-state index in [1.807, 2.05) is 24.3 Å². The molecule has 62 heavy (non-hydrogen) atoms. The first kappa shape index (κ1) is 37.4. The Balaban J connectivity index is 0.979. The van der Waals surface area contributed by atoms with Gasteiger partial charge in [-0.2, -0.15) is 0 Å². The van der Waals surface area contributed by atoms with Crippen LogP contribution in [-0.2, 0) is 0 Å². The third kappa shape index (κ3) is 6.63. The molecule has 0 bridgehead atoms. The lowest BCUT2D eigenvalue weighted by Crippen LogP contribution is -2.30. The zero-order chi connectivity index (χ0) is 41.6. The van der Waals surface area contributed by atoms with Crippen molar-refractivity contribution in [2.24, 2.45) is 0 Å². The van der Waals surface area contributed by atoms with Gasteiger partial charge in [-0.1, -0.05) is 121 Å². The number of hydrogen-bond acceptors (Lipinski definition) is 3. The number of allylic oxidation sites excluding steroid dienone is 3. The van der Waals surface area contributed by atoms with Gasteiger partial charge in [-0.25, -0.2) is 15.0 Å². The molecule has 0 saturated heterocycles. The molecule has 298 valence electrons. The molecular weight excluding hydrogens is 755 g/mol. The first-order valence-electron chi connectivity index (χ1n) is 21.7. The third-order valence-corrected chi connectivity index (χ3v) is 12.4. The van der Waals surface area contributed by atoms with E-state index >= 15 is 0 Å². The molecule has 1 aliphatic rings. The number of rotatable bonds is 10. The molecule has 0 spiro atoms. The van der Waals surface area contributed by atoms with Crippen LogP contribution in [0.25, 0.3) is 112 Å². The third-order valence-electron chi connectivity index (χ3n) is 12.4. The first-order valence-corrected chi connectivity index (χ1v) is 21.7. The Morgan fingerprint density at radius 3 is 1.94 bits per heavy atom. The quantitative estimate of drug-likeness (QED) is 0.102. The predicted octanol–water partition coefficient (Wildman–Crippen LogP) is 13.3. The smallest absolute Gasteiger partial charge is 0.164 e. The first-order chi connectivity index (χ1) is 30.6. The summed E-state index contributed by atoms with van der Waals surface area (Å²) in [4.78, 5) is 15.1. The van der Waals surface area contributed by atoms with Crippen molar-refractivity contribution in [1.29, 1.82) is 0 Å². The molecule has 0 radical (unpaired) electrons. The minimum absolute atomic E-state index is 0.646. The van der Waals surface area contributed by atoms with Crippen LogP contribution in [0, 0.1) is 0 Å². The normalized spacial score (nSPS) is 12.8. The summed E-state index contributed by atoms with van der Waals surface area (Å²) in [7, 11) is 0. The van der Waals surface area contributed by atoms with Gasteiger partial charge in [0.2, 0.25) is 0 Å². The highest BCUT2D eigenvalue weighted by molar-refractivity contribution is 6.11. The molecular formula is C57H45N5. The Kier molecular flexibility index (Phi) is 9.50. The largest absolute Gasteiger partial charge is 0.314 e. The van der Waals surface area contributed by atoms with Crippen molar-refractivity contribution >= 4 is 61.3 Å². The minimum atomic E-state index is 0.646. The van der Waals surface area contributed by atoms with Crippen molar-refractivity contribution in [3.05, 3.63) is 187 Å². The number of nitrogens with zero attached hydrogens (tertiary/aromatic N) is 5. The van der Waals surface area contributed by atoms with E-state index in [0.717, 1.165) is 59.9 Å². The van der Waals surface area contributed by atoms with Crippen molar-refractivity contribution < 1.29 is 0 Å². The zero-order valence-corrected chi connectivity index (χ0v) is 34.8.